The third kappa shape index (κ3) is 1.38. The van der Waals surface area contributed by atoms with Crippen molar-refractivity contribution in [3.05, 3.63) is 58.6 Å². The van der Waals surface area contributed by atoms with E-state index in [0.29, 0.717) is 5.82 Å². The molecule has 0 aromatic rings. The zero-order valence-corrected chi connectivity index (χ0v) is 9.03. The molecule has 73 valence electrons. The molecule has 1 radical (unpaired) electrons. The van der Waals surface area contributed by atoms with E-state index in [0.717, 1.165) is 12.8 Å². The molecule has 0 bridgehead atoms. The van der Waals surface area contributed by atoms with Crippen molar-refractivity contribution in [1.29, 1.82) is 0 Å². The van der Waals surface area contributed by atoms with E-state index in [2.05, 4.69) is 50.7 Å². The summed E-state index contributed by atoms with van der Waals surface area (Å²) in [5, 5.41) is 0. The monoisotopic (exact) mass is 193 g/mol. The van der Waals surface area contributed by atoms with Crippen molar-refractivity contribution in [2.45, 2.75) is 25.6 Å². The van der Waals surface area contributed by atoms with Gasteiger partial charge in [-0.15, -0.1) is 0 Å². The van der Waals surface area contributed by atoms with Crippen LogP contribution in [0.3, 0.4) is 0 Å². The van der Waals surface area contributed by atoms with Gasteiger partial charge in [-0.1, -0.05) is 47.5 Å². The fourth-order valence-corrected chi connectivity index (χ4v) is 2.62. The lowest BCUT2D eigenvalue weighted by Gasteiger charge is -2.16. The first-order chi connectivity index (χ1) is 7.38. The second kappa shape index (κ2) is 3.41. The molecule has 0 saturated heterocycles. The van der Waals surface area contributed by atoms with Crippen LogP contribution in [0.1, 0.15) is 19.8 Å². The summed E-state index contributed by atoms with van der Waals surface area (Å²) in [7, 11) is 2.40. The highest BCUT2D eigenvalue weighted by atomic mass is 14.2. The van der Waals surface area contributed by atoms with Crippen molar-refractivity contribution < 1.29 is 0 Å². The molecule has 1 heterocycles. The lowest BCUT2D eigenvalue weighted by molar-refractivity contribution is 1.01. The van der Waals surface area contributed by atoms with Crippen LogP contribution in [0.2, 0.25) is 5.82 Å². The van der Waals surface area contributed by atoms with E-state index >= 15 is 0 Å². The average Bonchev–Trinajstić information content (AvgIpc) is 2.66. The summed E-state index contributed by atoms with van der Waals surface area (Å²) in [5.74, 6) is 0.549. The second-order valence-electron chi connectivity index (χ2n) is 4.36. The third-order valence-corrected chi connectivity index (χ3v) is 3.52. The number of hydrogen-bond acceptors (Lipinski definition) is 0. The molecule has 15 heavy (non-hydrogen) atoms. The third-order valence-electron chi connectivity index (χ3n) is 3.52. The van der Waals surface area contributed by atoms with Crippen LogP contribution in [0, 0.1) is 0 Å². The summed E-state index contributed by atoms with van der Waals surface area (Å²) in [5.41, 5.74) is 6.11. The van der Waals surface area contributed by atoms with E-state index in [1.807, 2.05) is 0 Å². The van der Waals surface area contributed by atoms with Crippen molar-refractivity contribution in [2.75, 3.05) is 0 Å². The Kier molecular flexibility index (Phi) is 2.05. The molecule has 0 spiro atoms. The van der Waals surface area contributed by atoms with E-state index in [1.165, 1.54) is 11.0 Å². The SMILES string of the molecule is CC=C1CC=C2[B]C3C=CC=CC3=C2C1. The Morgan fingerprint density at radius 2 is 2.33 bits per heavy atom. The number of rotatable bonds is 0. The van der Waals surface area contributed by atoms with Gasteiger partial charge in [-0.3, -0.25) is 0 Å². The average molecular weight is 193 g/mol. The van der Waals surface area contributed by atoms with Gasteiger partial charge < -0.3 is 0 Å². The van der Waals surface area contributed by atoms with Crippen LogP contribution in [0.4, 0.5) is 0 Å². The molecular formula is C14H14B. The molecular weight excluding hydrogens is 179 g/mol. The molecule has 0 fully saturated rings. The Labute approximate surface area is 92.0 Å². The van der Waals surface area contributed by atoms with Crippen molar-refractivity contribution in [3.8, 4) is 0 Å². The highest BCUT2D eigenvalue weighted by molar-refractivity contribution is 6.52. The topological polar surface area (TPSA) is 0 Å². The predicted octanol–water partition coefficient (Wildman–Crippen LogP) is 3.54. The standard InChI is InChI=1S/C14H14B/c1-2-10-7-8-14-12(9-10)11-5-3-4-6-13(11)15-14/h2-6,8,13H,7,9H2,1H3. The quantitative estimate of drug-likeness (QED) is 0.407. The normalized spacial score (nSPS) is 30.1. The molecule has 3 rings (SSSR count). The molecule has 3 aliphatic rings. The van der Waals surface area contributed by atoms with Crippen molar-refractivity contribution in [2.24, 2.45) is 0 Å². The Balaban J connectivity index is 2.07. The largest absolute Gasteiger partial charge is 0.165 e. The minimum Gasteiger partial charge on any atom is -0.0878 e. The summed E-state index contributed by atoms with van der Waals surface area (Å²) >= 11 is 0. The first-order valence-corrected chi connectivity index (χ1v) is 5.66. The summed E-state index contributed by atoms with van der Waals surface area (Å²) < 4.78 is 0. The Morgan fingerprint density at radius 1 is 1.40 bits per heavy atom. The van der Waals surface area contributed by atoms with Gasteiger partial charge in [0.2, 0.25) is 0 Å². The Bertz CT molecular complexity index is 444. The fraction of sp³-hybridized carbons (Fsp3) is 0.286. The van der Waals surface area contributed by atoms with Gasteiger partial charge in [-0.25, -0.2) is 0 Å². The molecule has 0 saturated carbocycles. The van der Waals surface area contributed by atoms with Gasteiger partial charge in [-0.05, 0) is 36.7 Å². The number of hydrogen-bond donors (Lipinski definition) is 0. The van der Waals surface area contributed by atoms with Crippen molar-refractivity contribution in [3.63, 3.8) is 0 Å². The molecule has 1 aliphatic heterocycles. The Morgan fingerprint density at radius 3 is 3.20 bits per heavy atom. The van der Waals surface area contributed by atoms with Gasteiger partial charge in [0, 0.05) is 0 Å². The van der Waals surface area contributed by atoms with Crippen LogP contribution in [0.25, 0.3) is 0 Å². The highest BCUT2D eigenvalue weighted by Crippen LogP contribution is 2.43. The second-order valence-corrected chi connectivity index (χ2v) is 4.36. The molecule has 0 aromatic heterocycles. The number of allylic oxidation sites excluding steroid dienone is 10. The van der Waals surface area contributed by atoms with Crippen LogP contribution >= 0.6 is 0 Å². The van der Waals surface area contributed by atoms with E-state index in [9.17, 15) is 0 Å². The molecule has 2 aliphatic carbocycles. The minimum absolute atomic E-state index is 0.549. The predicted molar refractivity (Wildman–Crippen MR) is 65.9 cm³/mol. The van der Waals surface area contributed by atoms with Crippen molar-refractivity contribution >= 4 is 7.28 Å². The van der Waals surface area contributed by atoms with Gasteiger partial charge in [0.25, 0.3) is 0 Å². The van der Waals surface area contributed by atoms with E-state index in [-0.39, 0.29) is 0 Å². The fourth-order valence-electron chi connectivity index (χ4n) is 2.62. The molecule has 0 nitrogen and oxygen atoms in total. The van der Waals surface area contributed by atoms with Crippen LogP contribution in [-0.2, 0) is 0 Å². The maximum Gasteiger partial charge on any atom is 0.165 e. The summed E-state index contributed by atoms with van der Waals surface area (Å²) in [6, 6.07) is 0. The molecule has 1 heteroatoms. The molecule has 0 aromatic carbocycles. The molecule has 0 N–H and O–H groups in total. The lowest BCUT2D eigenvalue weighted by atomic mass is 9.59. The lowest BCUT2D eigenvalue weighted by Crippen LogP contribution is -2.01. The minimum atomic E-state index is 0.549. The molecule has 1 unspecified atom stereocenters. The van der Waals surface area contributed by atoms with Gasteiger partial charge in [0.15, 0.2) is 7.28 Å². The van der Waals surface area contributed by atoms with E-state index < -0.39 is 0 Å². The van der Waals surface area contributed by atoms with Crippen LogP contribution in [-0.4, -0.2) is 7.28 Å². The van der Waals surface area contributed by atoms with Gasteiger partial charge in [-0.2, -0.15) is 0 Å². The molecule has 0 amide bonds. The highest BCUT2D eigenvalue weighted by Gasteiger charge is 2.29. The van der Waals surface area contributed by atoms with Crippen LogP contribution in [0.5, 0.6) is 0 Å². The van der Waals surface area contributed by atoms with Crippen LogP contribution in [0.15, 0.2) is 58.6 Å². The smallest absolute Gasteiger partial charge is 0.0878 e. The van der Waals surface area contributed by atoms with E-state index in [4.69, 9.17) is 0 Å². The number of fused-ring (bicyclic) bond motifs is 2. The van der Waals surface area contributed by atoms with E-state index in [1.54, 1.807) is 11.1 Å². The van der Waals surface area contributed by atoms with Gasteiger partial charge in [0.1, 0.15) is 0 Å². The maximum absolute atomic E-state index is 2.40. The summed E-state index contributed by atoms with van der Waals surface area (Å²) in [4.78, 5) is 0. The zero-order chi connectivity index (χ0) is 10.3. The maximum atomic E-state index is 2.40. The first-order valence-electron chi connectivity index (χ1n) is 5.66. The van der Waals surface area contributed by atoms with Gasteiger partial charge >= 0.3 is 0 Å². The van der Waals surface area contributed by atoms with Crippen molar-refractivity contribution in [1.82, 2.24) is 0 Å². The summed E-state index contributed by atoms with van der Waals surface area (Å²) in [6.07, 6.45) is 15.8. The Hall–Kier alpha value is -1.24. The van der Waals surface area contributed by atoms with Gasteiger partial charge in [0.05, 0.1) is 0 Å². The molecule has 1 atom stereocenters. The summed E-state index contributed by atoms with van der Waals surface area (Å²) in [6.45, 7) is 2.14. The zero-order valence-electron chi connectivity index (χ0n) is 9.03. The van der Waals surface area contributed by atoms with Crippen LogP contribution < -0.4 is 0 Å². The first kappa shape index (κ1) is 9.02.